The van der Waals surface area contributed by atoms with Crippen molar-refractivity contribution in [3.8, 4) is 5.75 Å². The smallest absolute Gasteiger partial charge is 0.326 e. The summed E-state index contributed by atoms with van der Waals surface area (Å²) in [6.07, 6.45) is 2.20. The second kappa shape index (κ2) is 8.53. The first kappa shape index (κ1) is 15.5. The van der Waals surface area contributed by atoms with Gasteiger partial charge in [-0.15, -0.1) is 0 Å². The molecule has 0 aliphatic heterocycles. The molecule has 106 valence electrons. The first-order valence-electron chi connectivity index (χ1n) is 6.74. The van der Waals surface area contributed by atoms with E-state index in [1.54, 1.807) is 0 Å². The number of likely N-dealkylation sites (N-methyl/N-ethyl adjacent to an activating group) is 1. The zero-order valence-electron chi connectivity index (χ0n) is 11.9. The van der Waals surface area contributed by atoms with Gasteiger partial charge in [0.25, 0.3) is 0 Å². The van der Waals surface area contributed by atoms with Gasteiger partial charge in [-0.05, 0) is 30.7 Å². The number of hydrogen-bond donors (Lipinski definition) is 1. The van der Waals surface area contributed by atoms with Gasteiger partial charge in [0.05, 0.1) is 7.11 Å². The zero-order chi connectivity index (χ0) is 14.1. The fourth-order valence-corrected chi connectivity index (χ4v) is 1.82. The summed E-state index contributed by atoms with van der Waals surface area (Å²) in [5, 5.41) is 3.04. The highest BCUT2D eigenvalue weighted by Gasteiger charge is 2.18. The van der Waals surface area contributed by atoms with Gasteiger partial charge in [-0.3, -0.25) is 4.79 Å². The van der Waals surface area contributed by atoms with Crippen molar-refractivity contribution in [1.82, 2.24) is 5.32 Å². The molecule has 0 aliphatic carbocycles. The lowest BCUT2D eigenvalue weighted by Crippen LogP contribution is -2.42. The molecular weight excluding hydrogens is 242 g/mol. The highest BCUT2D eigenvalue weighted by Crippen LogP contribution is 2.13. The van der Waals surface area contributed by atoms with Crippen molar-refractivity contribution < 1.29 is 14.3 Å². The Morgan fingerprint density at radius 1 is 1.26 bits per heavy atom. The van der Waals surface area contributed by atoms with Crippen LogP contribution in [0.15, 0.2) is 24.3 Å². The summed E-state index contributed by atoms with van der Waals surface area (Å²) in [5.41, 5.74) is 1.30. The Morgan fingerprint density at radius 3 is 2.47 bits per heavy atom. The van der Waals surface area contributed by atoms with Crippen LogP contribution >= 0.6 is 0 Å². The first-order valence-corrected chi connectivity index (χ1v) is 6.74. The number of nitrogens with one attached hydrogen (secondary N) is 1. The Kier molecular flexibility index (Phi) is 6.97. The van der Waals surface area contributed by atoms with Gasteiger partial charge in [0, 0.05) is 0 Å². The molecule has 0 aromatic heterocycles. The molecule has 0 bridgehead atoms. The number of carbonyl (C=O) groups excluding carboxylic acids is 1. The summed E-state index contributed by atoms with van der Waals surface area (Å²) in [5.74, 6) is 0.469. The molecule has 4 heteroatoms. The summed E-state index contributed by atoms with van der Waals surface area (Å²) in [4.78, 5) is 11.5. The molecule has 0 aliphatic rings. The van der Waals surface area contributed by atoms with Gasteiger partial charge in [-0.2, -0.15) is 0 Å². The van der Waals surface area contributed by atoms with E-state index in [-0.39, 0.29) is 12.6 Å². The van der Waals surface area contributed by atoms with Crippen LogP contribution in [0.3, 0.4) is 0 Å². The van der Waals surface area contributed by atoms with Gasteiger partial charge in [-0.1, -0.05) is 32.4 Å². The molecule has 0 saturated carbocycles. The third-order valence-electron chi connectivity index (χ3n) is 2.81. The standard InChI is InChI=1S/C15H23NO3/c1-4-6-12-7-9-13(10-8-12)19-11-14(16-5-2)15(17)18-3/h7-10,14,16H,4-6,11H2,1-3H3. The van der Waals surface area contributed by atoms with E-state index in [0.717, 1.165) is 18.6 Å². The van der Waals surface area contributed by atoms with Crippen LogP contribution in [-0.2, 0) is 16.0 Å². The molecule has 0 amide bonds. The maximum Gasteiger partial charge on any atom is 0.326 e. The topological polar surface area (TPSA) is 47.6 Å². The lowest BCUT2D eigenvalue weighted by molar-refractivity contribution is -0.143. The summed E-state index contributed by atoms with van der Waals surface area (Å²) < 4.78 is 10.3. The molecule has 1 atom stereocenters. The predicted octanol–water partition coefficient (Wildman–Crippen LogP) is 2.17. The van der Waals surface area contributed by atoms with Crippen LogP contribution < -0.4 is 10.1 Å². The highest BCUT2D eigenvalue weighted by molar-refractivity contribution is 5.75. The second-order valence-electron chi connectivity index (χ2n) is 4.34. The average Bonchev–Trinajstić information content (AvgIpc) is 2.44. The van der Waals surface area contributed by atoms with E-state index in [0.29, 0.717) is 6.54 Å². The fourth-order valence-electron chi connectivity index (χ4n) is 1.82. The normalized spacial score (nSPS) is 11.9. The molecule has 1 unspecified atom stereocenters. The van der Waals surface area contributed by atoms with Gasteiger partial charge in [0.15, 0.2) is 0 Å². The van der Waals surface area contributed by atoms with Crippen LogP contribution in [-0.4, -0.2) is 32.3 Å². The van der Waals surface area contributed by atoms with E-state index < -0.39 is 6.04 Å². The Morgan fingerprint density at radius 2 is 1.95 bits per heavy atom. The van der Waals surface area contributed by atoms with Crippen LogP contribution in [0.25, 0.3) is 0 Å². The van der Waals surface area contributed by atoms with E-state index >= 15 is 0 Å². The Hall–Kier alpha value is -1.55. The average molecular weight is 265 g/mol. The zero-order valence-corrected chi connectivity index (χ0v) is 11.9. The number of methoxy groups -OCH3 is 1. The molecule has 0 spiro atoms. The van der Waals surface area contributed by atoms with Gasteiger partial charge in [0.2, 0.25) is 0 Å². The molecule has 0 radical (unpaired) electrons. The third kappa shape index (κ3) is 5.30. The fraction of sp³-hybridized carbons (Fsp3) is 0.533. The Labute approximate surface area is 115 Å². The molecule has 4 nitrogen and oxygen atoms in total. The first-order chi connectivity index (χ1) is 9.21. The number of benzene rings is 1. The Bertz CT molecular complexity index is 375. The summed E-state index contributed by atoms with van der Waals surface area (Å²) in [6.45, 7) is 5.06. The van der Waals surface area contributed by atoms with E-state index in [1.807, 2.05) is 19.1 Å². The second-order valence-corrected chi connectivity index (χ2v) is 4.34. The third-order valence-corrected chi connectivity index (χ3v) is 2.81. The van der Waals surface area contributed by atoms with Crippen molar-refractivity contribution in [1.29, 1.82) is 0 Å². The van der Waals surface area contributed by atoms with Gasteiger partial charge < -0.3 is 14.8 Å². The summed E-state index contributed by atoms with van der Waals surface area (Å²) >= 11 is 0. The van der Waals surface area contributed by atoms with Gasteiger partial charge in [0.1, 0.15) is 18.4 Å². The van der Waals surface area contributed by atoms with Crippen LogP contribution in [0.1, 0.15) is 25.8 Å². The van der Waals surface area contributed by atoms with Gasteiger partial charge in [-0.25, -0.2) is 0 Å². The quantitative estimate of drug-likeness (QED) is 0.732. The van der Waals surface area contributed by atoms with Crippen LogP contribution in [0.2, 0.25) is 0 Å². The summed E-state index contributed by atoms with van der Waals surface area (Å²) in [7, 11) is 1.38. The number of aryl methyl sites for hydroxylation is 1. The van der Waals surface area contributed by atoms with E-state index in [2.05, 4.69) is 24.4 Å². The van der Waals surface area contributed by atoms with Crippen molar-refractivity contribution in [3.63, 3.8) is 0 Å². The lowest BCUT2D eigenvalue weighted by atomic mass is 10.1. The van der Waals surface area contributed by atoms with E-state index in [9.17, 15) is 4.79 Å². The number of rotatable bonds is 8. The highest BCUT2D eigenvalue weighted by atomic mass is 16.5. The number of carbonyl (C=O) groups is 1. The molecule has 0 heterocycles. The van der Waals surface area contributed by atoms with Crippen molar-refractivity contribution in [2.24, 2.45) is 0 Å². The van der Waals surface area contributed by atoms with E-state index in [1.165, 1.54) is 12.7 Å². The maximum absolute atomic E-state index is 11.5. The monoisotopic (exact) mass is 265 g/mol. The number of hydrogen-bond acceptors (Lipinski definition) is 4. The molecule has 1 aromatic carbocycles. The van der Waals surface area contributed by atoms with Crippen molar-refractivity contribution in [2.45, 2.75) is 32.7 Å². The lowest BCUT2D eigenvalue weighted by Gasteiger charge is -2.16. The predicted molar refractivity (Wildman–Crippen MR) is 75.4 cm³/mol. The van der Waals surface area contributed by atoms with Crippen LogP contribution in [0.4, 0.5) is 0 Å². The molecule has 0 saturated heterocycles. The molecular formula is C15H23NO3. The van der Waals surface area contributed by atoms with E-state index in [4.69, 9.17) is 9.47 Å². The Balaban J connectivity index is 2.51. The molecule has 19 heavy (non-hydrogen) atoms. The molecule has 1 rings (SSSR count). The minimum Gasteiger partial charge on any atom is -0.491 e. The number of esters is 1. The summed E-state index contributed by atoms with van der Waals surface area (Å²) in [6, 6.07) is 7.56. The van der Waals surface area contributed by atoms with Crippen LogP contribution in [0, 0.1) is 0 Å². The maximum atomic E-state index is 11.5. The molecule has 0 fully saturated rings. The molecule has 1 aromatic rings. The SMILES string of the molecule is CCCc1ccc(OCC(NCC)C(=O)OC)cc1. The van der Waals surface area contributed by atoms with Crippen LogP contribution in [0.5, 0.6) is 5.75 Å². The number of ether oxygens (including phenoxy) is 2. The minimum atomic E-state index is -0.426. The van der Waals surface area contributed by atoms with Crippen molar-refractivity contribution in [3.05, 3.63) is 29.8 Å². The minimum absolute atomic E-state index is 0.271. The van der Waals surface area contributed by atoms with Crippen molar-refractivity contribution in [2.75, 3.05) is 20.3 Å². The molecule has 1 N–H and O–H groups in total. The largest absolute Gasteiger partial charge is 0.491 e. The van der Waals surface area contributed by atoms with Gasteiger partial charge >= 0.3 is 5.97 Å². The van der Waals surface area contributed by atoms with Crippen molar-refractivity contribution >= 4 is 5.97 Å².